The number of nitrogens with one attached hydrogen (secondary N) is 1. The van der Waals surface area contributed by atoms with Crippen LogP contribution in [0.3, 0.4) is 0 Å². The number of carboxylic acid groups (broad SMARTS) is 1. The quantitative estimate of drug-likeness (QED) is 0.188. The van der Waals surface area contributed by atoms with Crippen molar-refractivity contribution in [2.45, 2.75) is 32.4 Å². The lowest BCUT2D eigenvalue weighted by atomic mass is 9.95. The second kappa shape index (κ2) is 11.1. The molecule has 8 rings (SSSR count). The molecule has 3 atom stereocenters. The van der Waals surface area contributed by atoms with Crippen molar-refractivity contribution >= 4 is 34.1 Å². The van der Waals surface area contributed by atoms with E-state index in [0.29, 0.717) is 81.3 Å². The van der Waals surface area contributed by atoms with Gasteiger partial charge in [0.25, 0.3) is 0 Å². The highest BCUT2D eigenvalue weighted by Crippen LogP contribution is 2.54. The fourth-order valence-corrected chi connectivity index (χ4v) is 8.48. The van der Waals surface area contributed by atoms with Crippen molar-refractivity contribution in [1.29, 1.82) is 0 Å². The molecule has 1 unspecified atom stereocenters. The van der Waals surface area contributed by atoms with E-state index in [9.17, 15) is 19.5 Å². The van der Waals surface area contributed by atoms with Gasteiger partial charge in [0.2, 0.25) is 16.9 Å². The number of nitrogens with zero attached hydrogens (tertiary/aromatic N) is 6. The van der Waals surface area contributed by atoms with Crippen LogP contribution >= 0.6 is 0 Å². The number of benzene rings is 1. The first-order chi connectivity index (χ1) is 23.9. The maximum absolute atomic E-state index is 15.6. The number of fused-ring (bicyclic) bond motifs is 5. The van der Waals surface area contributed by atoms with Gasteiger partial charge in [-0.1, -0.05) is 0 Å². The number of quaternary nitrogens is 1. The van der Waals surface area contributed by atoms with Crippen molar-refractivity contribution in [1.82, 2.24) is 14.5 Å². The van der Waals surface area contributed by atoms with E-state index in [1.54, 1.807) is 39.5 Å². The van der Waals surface area contributed by atoms with E-state index in [2.05, 4.69) is 27.1 Å². The second-order valence-corrected chi connectivity index (χ2v) is 13.8. The number of carbonyl (C=O) groups is 1. The van der Waals surface area contributed by atoms with Crippen LogP contribution in [0.4, 0.5) is 21.5 Å². The van der Waals surface area contributed by atoms with Crippen LogP contribution in [0.25, 0.3) is 38.1 Å². The van der Waals surface area contributed by atoms with Gasteiger partial charge in [0.1, 0.15) is 23.6 Å². The summed E-state index contributed by atoms with van der Waals surface area (Å²) in [4.78, 5) is 52.6. The third-order valence-corrected chi connectivity index (χ3v) is 10.7. The van der Waals surface area contributed by atoms with Crippen LogP contribution in [0.1, 0.15) is 39.6 Å². The van der Waals surface area contributed by atoms with Gasteiger partial charge >= 0.3 is 11.8 Å². The van der Waals surface area contributed by atoms with Crippen molar-refractivity contribution in [2.24, 2.45) is 13.0 Å². The lowest BCUT2D eigenvalue weighted by Crippen LogP contribution is -2.45. The Labute approximate surface area is 284 Å². The fourth-order valence-electron chi connectivity index (χ4n) is 8.48. The van der Waals surface area contributed by atoms with Gasteiger partial charge in [-0.05, 0) is 31.0 Å². The predicted octanol–water partition coefficient (Wildman–Crippen LogP) is 4.71. The highest BCUT2D eigenvalue weighted by Gasteiger charge is 2.51. The lowest BCUT2D eigenvalue weighted by molar-refractivity contribution is -0.913. The van der Waals surface area contributed by atoms with Gasteiger partial charge in [0.05, 0.1) is 49.5 Å². The molecule has 6 heterocycles. The maximum Gasteiger partial charge on any atom is 0.519 e. The Bertz CT molecular complexity index is 2460. The summed E-state index contributed by atoms with van der Waals surface area (Å²) < 4.78 is 28.3. The molecule has 13 nitrogen and oxygen atoms in total. The SMILES string of the molecule is [C-]#[N+]c1c(F)cc(NC)c2c1-c1c(ncc(-c3cnc4c(c3)c(=O)c(C(=O)O)cn4C)c1N1CC[C@H]3C[N+](C)(Cc4oc(=O)oc4C)C[C@H]31)C2. The second-order valence-electron chi connectivity index (χ2n) is 13.8. The van der Waals surface area contributed by atoms with Crippen molar-refractivity contribution in [3.8, 4) is 22.3 Å². The van der Waals surface area contributed by atoms with Gasteiger partial charge in [0, 0.05) is 79.5 Å². The van der Waals surface area contributed by atoms with Gasteiger partial charge in [0.15, 0.2) is 5.76 Å². The summed E-state index contributed by atoms with van der Waals surface area (Å²) in [6.07, 6.45) is 5.90. The van der Waals surface area contributed by atoms with Crippen LogP contribution in [0.2, 0.25) is 0 Å². The van der Waals surface area contributed by atoms with Crippen LogP contribution in [-0.2, 0) is 20.0 Å². The molecule has 254 valence electrons. The number of anilines is 2. The largest absolute Gasteiger partial charge is 0.519 e. The first kappa shape index (κ1) is 31.5. The van der Waals surface area contributed by atoms with Crippen LogP contribution < -0.4 is 21.5 Å². The standard InChI is InChI=1S/C36H32FN7O6/c1-17-28(50-36(48)49-17)16-44(5)14-18-6-7-43(27(18)15-44)32-22(19-8-21-33(45)23(35(46)47)13-42(4)34(21)41-11-19)12-40-26-9-20-25(38-2)10-24(37)31(39-3)29(20)30(26)32/h8,10-13,18,27,38H,6-7,9,14-16H2,1-2,4-5H3/p+1/t18-,27+,44?/m0/s1. The zero-order valence-electron chi connectivity index (χ0n) is 27.8. The number of hydrogen-bond acceptors (Lipinski definition) is 9. The third kappa shape index (κ3) is 4.64. The molecule has 2 aliphatic heterocycles. The number of aromatic carboxylic acids is 1. The van der Waals surface area contributed by atoms with E-state index in [4.69, 9.17) is 20.4 Å². The molecule has 5 aromatic rings. The average molecular weight is 679 g/mol. The molecule has 0 saturated carbocycles. The normalized spacial score (nSPS) is 20.5. The summed E-state index contributed by atoms with van der Waals surface area (Å²) in [5.74, 6) is -1.44. The summed E-state index contributed by atoms with van der Waals surface area (Å²) in [5, 5.41) is 13.0. The van der Waals surface area contributed by atoms with E-state index >= 15 is 4.39 Å². The minimum atomic E-state index is -1.33. The molecule has 0 spiro atoms. The number of hydrogen-bond donors (Lipinski definition) is 2. The summed E-state index contributed by atoms with van der Waals surface area (Å²) >= 11 is 0. The van der Waals surface area contributed by atoms with Gasteiger partial charge in [-0.2, -0.15) is 0 Å². The molecule has 2 fully saturated rings. The van der Waals surface area contributed by atoms with Gasteiger partial charge in [-0.15, -0.1) is 0 Å². The van der Waals surface area contributed by atoms with Gasteiger partial charge < -0.3 is 33.2 Å². The van der Waals surface area contributed by atoms with Crippen molar-refractivity contribution < 1.29 is 27.6 Å². The van der Waals surface area contributed by atoms with Crippen molar-refractivity contribution in [2.75, 3.05) is 43.9 Å². The number of halogens is 1. The minimum Gasteiger partial charge on any atom is -0.477 e. The Kier molecular flexibility index (Phi) is 6.99. The van der Waals surface area contributed by atoms with E-state index < -0.39 is 23.0 Å². The zero-order chi connectivity index (χ0) is 35.2. The topological polar surface area (TPSA) is 148 Å². The smallest absolute Gasteiger partial charge is 0.477 e. The summed E-state index contributed by atoms with van der Waals surface area (Å²) in [6, 6.07) is 3.03. The maximum atomic E-state index is 15.6. The van der Waals surface area contributed by atoms with Crippen LogP contribution in [0, 0.1) is 25.2 Å². The number of aryl methyl sites for hydroxylation is 2. The fraction of sp³-hybridized carbons (Fsp3) is 0.333. The Morgan fingerprint density at radius 2 is 2.00 bits per heavy atom. The highest BCUT2D eigenvalue weighted by atomic mass is 19.1. The number of rotatable bonds is 6. The van der Waals surface area contributed by atoms with Crippen molar-refractivity contribution in [3.05, 3.63) is 97.1 Å². The summed E-state index contributed by atoms with van der Waals surface area (Å²) in [5.41, 5.74) is 4.41. The van der Waals surface area contributed by atoms with Crippen molar-refractivity contribution in [3.63, 3.8) is 0 Å². The Hall–Kier alpha value is -5.81. The molecule has 1 aromatic carbocycles. The van der Waals surface area contributed by atoms with E-state index in [-0.39, 0.29) is 28.6 Å². The van der Waals surface area contributed by atoms with E-state index in [1.165, 1.54) is 16.8 Å². The van der Waals surface area contributed by atoms with Crippen LogP contribution in [0.15, 0.2) is 49.1 Å². The third-order valence-electron chi connectivity index (χ3n) is 10.7. The first-order valence-corrected chi connectivity index (χ1v) is 16.3. The molecule has 4 aromatic heterocycles. The summed E-state index contributed by atoms with van der Waals surface area (Å²) in [6.45, 7) is 12.4. The molecular weight excluding hydrogens is 645 g/mol. The van der Waals surface area contributed by atoms with E-state index in [1.807, 2.05) is 0 Å². The number of pyridine rings is 3. The number of likely N-dealkylation sites (N-methyl/N-ethyl adjacent to an activating group) is 1. The molecule has 0 bridgehead atoms. The summed E-state index contributed by atoms with van der Waals surface area (Å²) in [7, 11) is 5.48. The Morgan fingerprint density at radius 1 is 1.20 bits per heavy atom. The Balaban J connectivity index is 1.34. The molecule has 0 amide bonds. The minimum absolute atomic E-state index is 0.0295. The molecule has 3 aliphatic rings. The Morgan fingerprint density at radius 3 is 2.70 bits per heavy atom. The number of aromatic nitrogens is 3. The molecule has 14 heteroatoms. The number of likely N-dealkylation sites (tertiary alicyclic amines) is 1. The molecule has 50 heavy (non-hydrogen) atoms. The molecular formula is C36H33FN7O6+. The molecule has 2 N–H and O–H groups in total. The molecule has 0 radical (unpaired) electrons. The molecule has 1 aliphatic carbocycles. The van der Waals surface area contributed by atoms with Gasteiger partial charge in [-0.3, -0.25) is 9.78 Å². The number of carboxylic acids is 1. The first-order valence-electron chi connectivity index (χ1n) is 16.3. The van der Waals surface area contributed by atoms with Gasteiger partial charge in [-0.25, -0.2) is 23.8 Å². The monoisotopic (exact) mass is 678 g/mol. The zero-order valence-corrected chi connectivity index (χ0v) is 27.8. The van der Waals surface area contributed by atoms with E-state index in [0.717, 1.165) is 24.2 Å². The predicted molar refractivity (Wildman–Crippen MR) is 182 cm³/mol. The molecule has 2 saturated heterocycles. The van der Waals surface area contributed by atoms with Crippen LogP contribution in [-0.4, -0.2) is 69.9 Å². The lowest BCUT2D eigenvalue weighted by Gasteiger charge is -2.34. The highest BCUT2D eigenvalue weighted by molar-refractivity contribution is 6.02. The van der Waals surface area contributed by atoms with Crippen LogP contribution in [0.5, 0.6) is 0 Å². The average Bonchev–Trinajstić information content (AvgIpc) is 3.82.